The van der Waals surface area contributed by atoms with Crippen LogP contribution in [0.4, 0.5) is 5.69 Å². The standard InChI is InChI=1S/C19H17N3O3S/c1-12-18(22-26-21-12)11-25-17-8-4-6-15(10-17)19(24)20-16-7-3-5-14(9-16)13(2)23/h3-10H,11H2,1-2H3,(H,20,24). The predicted octanol–water partition coefficient (Wildman–Crippen LogP) is 3.88. The number of nitrogens with one attached hydrogen (secondary N) is 1. The number of carbonyl (C=O) groups is 2. The highest BCUT2D eigenvalue weighted by Crippen LogP contribution is 2.18. The van der Waals surface area contributed by atoms with Crippen LogP contribution in [-0.2, 0) is 6.61 Å². The molecule has 3 rings (SSSR count). The lowest BCUT2D eigenvalue weighted by atomic mass is 10.1. The van der Waals surface area contributed by atoms with Gasteiger partial charge in [-0.15, -0.1) is 0 Å². The molecular formula is C19H17N3O3S. The maximum atomic E-state index is 12.5. The summed E-state index contributed by atoms with van der Waals surface area (Å²) >= 11 is 1.15. The number of rotatable bonds is 6. The number of amides is 1. The van der Waals surface area contributed by atoms with Gasteiger partial charge in [-0.1, -0.05) is 18.2 Å². The van der Waals surface area contributed by atoms with E-state index in [0.29, 0.717) is 29.2 Å². The summed E-state index contributed by atoms with van der Waals surface area (Å²) in [7, 11) is 0. The van der Waals surface area contributed by atoms with Crippen molar-refractivity contribution >= 4 is 29.1 Å². The Labute approximate surface area is 155 Å². The fourth-order valence-corrected chi connectivity index (χ4v) is 2.83. The minimum Gasteiger partial charge on any atom is -0.487 e. The number of aromatic nitrogens is 2. The van der Waals surface area contributed by atoms with Gasteiger partial charge in [-0.05, 0) is 44.2 Å². The van der Waals surface area contributed by atoms with Gasteiger partial charge in [-0.2, -0.15) is 8.75 Å². The van der Waals surface area contributed by atoms with Gasteiger partial charge in [0, 0.05) is 16.8 Å². The van der Waals surface area contributed by atoms with E-state index in [9.17, 15) is 9.59 Å². The third kappa shape index (κ3) is 4.31. The second-order valence-corrected chi connectivity index (χ2v) is 6.23. The summed E-state index contributed by atoms with van der Waals surface area (Å²) in [5, 5.41) is 2.79. The Kier molecular flexibility index (Phi) is 5.38. The fourth-order valence-electron chi connectivity index (χ4n) is 2.28. The zero-order valence-corrected chi connectivity index (χ0v) is 15.2. The van der Waals surface area contributed by atoms with Crippen LogP contribution in [0.25, 0.3) is 0 Å². The van der Waals surface area contributed by atoms with E-state index >= 15 is 0 Å². The maximum Gasteiger partial charge on any atom is 0.255 e. The van der Waals surface area contributed by atoms with Crippen molar-refractivity contribution in [3.63, 3.8) is 0 Å². The number of ether oxygens (including phenoxy) is 1. The molecule has 0 saturated carbocycles. The number of hydrogen-bond donors (Lipinski definition) is 1. The first-order valence-electron chi connectivity index (χ1n) is 7.96. The Morgan fingerprint density at radius 3 is 2.58 bits per heavy atom. The zero-order valence-electron chi connectivity index (χ0n) is 14.4. The molecule has 0 saturated heterocycles. The highest BCUT2D eigenvalue weighted by Gasteiger charge is 2.10. The van der Waals surface area contributed by atoms with E-state index in [1.54, 1.807) is 48.5 Å². The lowest BCUT2D eigenvalue weighted by Crippen LogP contribution is -2.12. The van der Waals surface area contributed by atoms with Gasteiger partial charge in [-0.3, -0.25) is 9.59 Å². The van der Waals surface area contributed by atoms with Gasteiger partial charge >= 0.3 is 0 Å². The topological polar surface area (TPSA) is 81.2 Å². The van der Waals surface area contributed by atoms with E-state index < -0.39 is 0 Å². The lowest BCUT2D eigenvalue weighted by Gasteiger charge is -2.09. The van der Waals surface area contributed by atoms with Gasteiger partial charge in [0.2, 0.25) is 0 Å². The van der Waals surface area contributed by atoms with Crippen LogP contribution in [0.15, 0.2) is 48.5 Å². The second kappa shape index (κ2) is 7.88. The average Bonchev–Trinajstić information content (AvgIpc) is 3.05. The quantitative estimate of drug-likeness (QED) is 0.669. The molecule has 0 spiro atoms. The number of benzene rings is 2. The summed E-state index contributed by atoms with van der Waals surface area (Å²) in [5.41, 5.74) is 3.20. The molecule has 0 fully saturated rings. The van der Waals surface area contributed by atoms with Crippen LogP contribution < -0.4 is 10.1 Å². The monoisotopic (exact) mass is 367 g/mol. The lowest BCUT2D eigenvalue weighted by molar-refractivity contribution is 0.101. The molecule has 6 nitrogen and oxygen atoms in total. The summed E-state index contributed by atoms with van der Waals surface area (Å²) < 4.78 is 14.0. The van der Waals surface area contributed by atoms with Gasteiger partial charge in [-0.25, -0.2) is 0 Å². The zero-order chi connectivity index (χ0) is 18.5. The van der Waals surface area contributed by atoms with E-state index in [1.807, 2.05) is 6.92 Å². The summed E-state index contributed by atoms with van der Waals surface area (Å²) in [6, 6.07) is 13.7. The number of ketones is 1. The Hall–Kier alpha value is -3.06. The fraction of sp³-hybridized carbons (Fsp3) is 0.158. The molecule has 0 aliphatic heterocycles. The van der Waals surface area contributed by atoms with Crippen molar-refractivity contribution in [2.45, 2.75) is 20.5 Å². The summed E-state index contributed by atoms with van der Waals surface area (Å²) in [4.78, 5) is 23.9. The highest BCUT2D eigenvalue weighted by atomic mass is 32.1. The number of nitrogens with zero attached hydrogens (tertiary/aromatic N) is 2. The largest absolute Gasteiger partial charge is 0.487 e. The van der Waals surface area contributed by atoms with Crippen LogP contribution in [0, 0.1) is 6.92 Å². The molecule has 1 N–H and O–H groups in total. The Bertz CT molecular complexity index is 952. The first-order valence-corrected chi connectivity index (χ1v) is 8.69. The van der Waals surface area contributed by atoms with Gasteiger partial charge in [0.1, 0.15) is 18.1 Å². The van der Waals surface area contributed by atoms with Crippen molar-refractivity contribution in [3.8, 4) is 5.75 Å². The second-order valence-electron chi connectivity index (χ2n) is 5.70. The van der Waals surface area contributed by atoms with Crippen LogP contribution in [0.5, 0.6) is 5.75 Å². The molecule has 1 aromatic heterocycles. The van der Waals surface area contributed by atoms with Crippen LogP contribution in [0.2, 0.25) is 0 Å². The molecule has 0 aliphatic carbocycles. The number of Topliss-reactive ketones (excluding diaryl/α,β-unsaturated/α-hetero) is 1. The van der Waals surface area contributed by atoms with Crippen LogP contribution >= 0.6 is 11.7 Å². The highest BCUT2D eigenvalue weighted by molar-refractivity contribution is 6.99. The summed E-state index contributed by atoms with van der Waals surface area (Å²) in [6.07, 6.45) is 0. The summed E-state index contributed by atoms with van der Waals surface area (Å²) in [6.45, 7) is 3.66. The Balaban J connectivity index is 1.69. The maximum absolute atomic E-state index is 12.5. The molecule has 0 radical (unpaired) electrons. The molecule has 26 heavy (non-hydrogen) atoms. The van der Waals surface area contributed by atoms with E-state index in [0.717, 1.165) is 23.1 Å². The molecule has 0 bridgehead atoms. The van der Waals surface area contributed by atoms with Crippen LogP contribution in [-0.4, -0.2) is 20.4 Å². The number of aryl methyl sites for hydroxylation is 1. The molecule has 1 heterocycles. The van der Waals surface area contributed by atoms with Crippen molar-refractivity contribution in [1.82, 2.24) is 8.75 Å². The minimum absolute atomic E-state index is 0.0525. The smallest absolute Gasteiger partial charge is 0.255 e. The molecule has 2 aromatic carbocycles. The summed E-state index contributed by atoms with van der Waals surface area (Å²) in [5.74, 6) is 0.244. The molecular weight excluding hydrogens is 350 g/mol. The van der Waals surface area contributed by atoms with Crippen molar-refractivity contribution in [3.05, 3.63) is 71.0 Å². The molecule has 132 valence electrons. The van der Waals surface area contributed by atoms with E-state index in [-0.39, 0.29) is 11.7 Å². The van der Waals surface area contributed by atoms with Crippen molar-refractivity contribution in [2.24, 2.45) is 0 Å². The van der Waals surface area contributed by atoms with E-state index in [1.165, 1.54) is 6.92 Å². The predicted molar refractivity (Wildman–Crippen MR) is 99.8 cm³/mol. The van der Waals surface area contributed by atoms with Crippen LogP contribution in [0.1, 0.15) is 39.0 Å². The molecule has 1 amide bonds. The molecule has 0 atom stereocenters. The first kappa shape index (κ1) is 17.8. The van der Waals surface area contributed by atoms with Gasteiger partial charge in [0.15, 0.2) is 5.78 Å². The van der Waals surface area contributed by atoms with Crippen molar-refractivity contribution in [1.29, 1.82) is 0 Å². The normalized spacial score (nSPS) is 10.4. The Morgan fingerprint density at radius 2 is 1.85 bits per heavy atom. The third-order valence-electron chi connectivity index (χ3n) is 3.75. The first-order chi connectivity index (χ1) is 12.5. The molecule has 3 aromatic rings. The van der Waals surface area contributed by atoms with Gasteiger partial charge in [0.25, 0.3) is 5.91 Å². The van der Waals surface area contributed by atoms with Gasteiger partial charge in [0.05, 0.1) is 17.4 Å². The SMILES string of the molecule is CC(=O)c1cccc(NC(=O)c2cccc(OCc3nsnc3C)c2)c1. The third-order valence-corrected chi connectivity index (χ3v) is 4.40. The number of hydrogen-bond acceptors (Lipinski definition) is 6. The van der Waals surface area contributed by atoms with Crippen LogP contribution in [0.3, 0.4) is 0 Å². The van der Waals surface area contributed by atoms with Gasteiger partial charge < -0.3 is 10.1 Å². The molecule has 0 unspecified atom stereocenters. The molecule has 0 aliphatic rings. The number of anilines is 1. The number of carbonyl (C=O) groups excluding carboxylic acids is 2. The van der Waals surface area contributed by atoms with E-state index in [2.05, 4.69) is 14.1 Å². The van der Waals surface area contributed by atoms with Crippen molar-refractivity contribution < 1.29 is 14.3 Å². The Morgan fingerprint density at radius 1 is 1.08 bits per heavy atom. The molecule has 7 heteroatoms. The minimum atomic E-state index is -0.275. The van der Waals surface area contributed by atoms with Crippen molar-refractivity contribution in [2.75, 3.05) is 5.32 Å². The van der Waals surface area contributed by atoms with E-state index in [4.69, 9.17) is 4.74 Å². The average molecular weight is 367 g/mol.